The Balaban J connectivity index is 1.55. The molecule has 0 aliphatic carbocycles. The molecule has 1 amide bonds. The zero-order valence-corrected chi connectivity index (χ0v) is 15.6. The molecule has 0 atom stereocenters. The molecule has 0 fully saturated rings. The summed E-state index contributed by atoms with van der Waals surface area (Å²) in [6.45, 7) is 0.423. The molecule has 0 saturated carbocycles. The summed E-state index contributed by atoms with van der Waals surface area (Å²) in [5.74, 6) is 0.384. The van der Waals surface area contributed by atoms with Gasteiger partial charge in [-0.3, -0.25) is 4.79 Å². The second-order valence-corrected chi connectivity index (χ2v) is 7.33. The predicted octanol–water partition coefficient (Wildman–Crippen LogP) is 5.10. The molecule has 0 spiro atoms. The van der Waals surface area contributed by atoms with E-state index in [0.29, 0.717) is 28.0 Å². The van der Waals surface area contributed by atoms with Crippen LogP contribution in [0.3, 0.4) is 0 Å². The molecular weight excluding hydrogens is 391 g/mol. The average molecular weight is 403 g/mol. The summed E-state index contributed by atoms with van der Waals surface area (Å²) in [5.41, 5.74) is 4.08. The zero-order valence-electron chi connectivity index (χ0n) is 13.3. The Morgan fingerprint density at radius 2 is 2.04 bits per heavy atom. The van der Waals surface area contributed by atoms with Gasteiger partial charge in [-0.2, -0.15) is 5.10 Å². The number of nitrogens with zero attached hydrogens (tertiary/aromatic N) is 3. The highest BCUT2D eigenvalue weighted by atomic mass is 35.5. The quantitative estimate of drug-likeness (QED) is 0.516. The first-order valence-corrected chi connectivity index (χ1v) is 9.34. The largest absolute Gasteiger partial charge is 0.307 e. The Kier molecular flexibility index (Phi) is 4.63. The number of aromatic nitrogens is 3. The van der Waals surface area contributed by atoms with Crippen molar-refractivity contribution in [3.05, 3.63) is 75.3 Å². The number of hydrogen-bond acceptors (Lipinski definition) is 4. The monoisotopic (exact) mass is 402 g/mol. The number of hydrogen-bond donors (Lipinski definition) is 1. The average Bonchev–Trinajstić information content (AvgIpc) is 3.26. The van der Waals surface area contributed by atoms with Gasteiger partial charge in [0.2, 0.25) is 0 Å². The van der Waals surface area contributed by atoms with E-state index in [2.05, 4.69) is 15.4 Å². The molecule has 2 aromatic carbocycles. The minimum atomic E-state index is -0.204. The molecule has 5 nitrogen and oxygen atoms in total. The van der Waals surface area contributed by atoms with Gasteiger partial charge >= 0.3 is 0 Å². The van der Waals surface area contributed by atoms with E-state index in [1.807, 2.05) is 18.2 Å². The van der Waals surface area contributed by atoms with Crippen LogP contribution >= 0.6 is 34.5 Å². The number of anilines is 1. The maximum Gasteiger partial charge on any atom is 0.256 e. The molecule has 0 saturated heterocycles. The van der Waals surface area contributed by atoms with E-state index in [0.717, 1.165) is 15.8 Å². The van der Waals surface area contributed by atoms with Gasteiger partial charge in [-0.05, 0) is 35.9 Å². The molecule has 130 valence electrons. The van der Waals surface area contributed by atoms with Crippen molar-refractivity contribution < 1.29 is 4.79 Å². The van der Waals surface area contributed by atoms with Crippen molar-refractivity contribution in [3.63, 3.8) is 0 Å². The van der Waals surface area contributed by atoms with E-state index in [1.54, 1.807) is 40.7 Å². The SMILES string of the molecule is O=C(Nc1ccnn1Cc1ccc(Cl)cc1Cl)c1ccc2ncsc2c1. The van der Waals surface area contributed by atoms with Crippen molar-refractivity contribution in [1.29, 1.82) is 0 Å². The number of benzene rings is 2. The Morgan fingerprint density at radius 1 is 1.15 bits per heavy atom. The van der Waals surface area contributed by atoms with Crippen molar-refractivity contribution in [2.45, 2.75) is 6.54 Å². The van der Waals surface area contributed by atoms with Crippen LogP contribution in [0.1, 0.15) is 15.9 Å². The number of amides is 1. The van der Waals surface area contributed by atoms with Gasteiger partial charge in [-0.25, -0.2) is 9.67 Å². The molecular formula is C18H12Cl2N4OS. The number of carbonyl (C=O) groups excluding carboxylic acids is 1. The van der Waals surface area contributed by atoms with Gasteiger partial charge in [0.15, 0.2) is 0 Å². The van der Waals surface area contributed by atoms with E-state index in [-0.39, 0.29) is 5.91 Å². The van der Waals surface area contributed by atoms with Crippen molar-refractivity contribution in [1.82, 2.24) is 14.8 Å². The zero-order chi connectivity index (χ0) is 18.1. The Hall–Kier alpha value is -2.41. The summed E-state index contributed by atoms with van der Waals surface area (Å²) >= 11 is 13.7. The van der Waals surface area contributed by atoms with E-state index < -0.39 is 0 Å². The maximum atomic E-state index is 12.6. The molecule has 2 heterocycles. The van der Waals surface area contributed by atoms with Gasteiger partial charge < -0.3 is 5.32 Å². The van der Waals surface area contributed by atoms with Gasteiger partial charge in [-0.1, -0.05) is 29.3 Å². The van der Waals surface area contributed by atoms with Crippen molar-refractivity contribution in [3.8, 4) is 0 Å². The Labute approximate surface area is 163 Å². The lowest BCUT2D eigenvalue weighted by Crippen LogP contribution is -2.16. The molecule has 0 aliphatic rings. The molecule has 0 unspecified atom stereocenters. The van der Waals surface area contributed by atoms with E-state index in [1.165, 1.54) is 11.3 Å². The maximum absolute atomic E-state index is 12.6. The second-order valence-electron chi connectivity index (χ2n) is 5.60. The summed E-state index contributed by atoms with van der Waals surface area (Å²) in [7, 11) is 0. The molecule has 4 aromatic rings. The Bertz CT molecular complexity index is 1110. The van der Waals surface area contributed by atoms with Crippen LogP contribution in [0.4, 0.5) is 5.82 Å². The number of fused-ring (bicyclic) bond motifs is 1. The molecule has 4 rings (SSSR count). The van der Waals surface area contributed by atoms with Crippen LogP contribution in [0, 0.1) is 0 Å². The molecule has 1 N–H and O–H groups in total. The topological polar surface area (TPSA) is 59.8 Å². The van der Waals surface area contributed by atoms with Gasteiger partial charge in [0.25, 0.3) is 5.91 Å². The summed E-state index contributed by atoms with van der Waals surface area (Å²) in [4.78, 5) is 16.8. The molecule has 2 aromatic heterocycles. The number of carbonyl (C=O) groups is 1. The third-order valence-electron chi connectivity index (χ3n) is 3.89. The first-order chi connectivity index (χ1) is 12.6. The minimum Gasteiger partial charge on any atom is -0.307 e. The highest BCUT2D eigenvalue weighted by molar-refractivity contribution is 7.16. The predicted molar refractivity (Wildman–Crippen MR) is 105 cm³/mol. The normalized spacial score (nSPS) is 11.0. The molecule has 0 bridgehead atoms. The van der Waals surface area contributed by atoms with Crippen LogP contribution < -0.4 is 5.32 Å². The summed E-state index contributed by atoms with van der Waals surface area (Å²) in [6.07, 6.45) is 1.63. The first kappa shape index (κ1) is 17.0. The highest BCUT2D eigenvalue weighted by Crippen LogP contribution is 2.23. The van der Waals surface area contributed by atoms with Crippen molar-refractivity contribution >= 4 is 56.5 Å². The van der Waals surface area contributed by atoms with Crippen molar-refractivity contribution in [2.24, 2.45) is 0 Å². The summed E-state index contributed by atoms with van der Waals surface area (Å²) < 4.78 is 2.65. The van der Waals surface area contributed by atoms with Crippen LogP contribution in [0.2, 0.25) is 10.0 Å². The fourth-order valence-electron chi connectivity index (χ4n) is 2.56. The van der Waals surface area contributed by atoms with E-state index in [9.17, 15) is 4.79 Å². The van der Waals surface area contributed by atoms with Crippen LogP contribution in [-0.2, 0) is 6.54 Å². The van der Waals surface area contributed by atoms with Crippen LogP contribution in [0.5, 0.6) is 0 Å². The molecule has 26 heavy (non-hydrogen) atoms. The van der Waals surface area contributed by atoms with E-state index in [4.69, 9.17) is 23.2 Å². The lowest BCUT2D eigenvalue weighted by atomic mass is 10.2. The second kappa shape index (κ2) is 7.07. The summed E-state index contributed by atoms with van der Waals surface area (Å²) in [5, 5.41) is 8.29. The lowest BCUT2D eigenvalue weighted by molar-refractivity contribution is 0.102. The molecule has 0 radical (unpaired) electrons. The van der Waals surface area contributed by atoms with Gasteiger partial charge in [0.05, 0.1) is 28.5 Å². The third-order valence-corrected chi connectivity index (χ3v) is 5.27. The first-order valence-electron chi connectivity index (χ1n) is 7.70. The minimum absolute atomic E-state index is 0.204. The highest BCUT2D eigenvalue weighted by Gasteiger charge is 2.12. The van der Waals surface area contributed by atoms with Gasteiger partial charge in [0.1, 0.15) is 5.82 Å². The fourth-order valence-corrected chi connectivity index (χ4v) is 3.75. The van der Waals surface area contributed by atoms with Gasteiger partial charge in [0, 0.05) is 21.7 Å². The molecule has 8 heteroatoms. The van der Waals surface area contributed by atoms with Crippen molar-refractivity contribution in [2.75, 3.05) is 5.32 Å². The van der Waals surface area contributed by atoms with Gasteiger partial charge in [-0.15, -0.1) is 11.3 Å². The van der Waals surface area contributed by atoms with Crippen LogP contribution in [0.25, 0.3) is 10.2 Å². The van der Waals surface area contributed by atoms with E-state index >= 15 is 0 Å². The summed E-state index contributed by atoms with van der Waals surface area (Å²) in [6, 6.07) is 12.5. The van der Waals surface area contributed by atoms with Crippen LogP contribution in [0.15, 0.2) is 54.2 Å². The van der Waals surface area contributed by atoms with Crippen LogP contribution in [-0.4, -0.2) is 20.7 Å². The lowest BCUT2D eigenvalue weighted by Gasteiger charge is -2.10. The third kappa shape index (κ3) is 3.44. The number of thiazole rings is 1. The fraction of sp³-hybridized carbons (Fsp3) is 0.0556. The number of halogens is 2. The standard InChI is InChI=1S/C18H12Cl2N4OS/c19-13-3-1-12(14(20)8-13)9-24-17(5-6-22-24)23-18(25)11-2-4-15-16(7-11)26-10-21-15/h1-8,10H,9H2,(H,23,25). The number of nitrogens with one attached hydrogen (secondary N) is 1. The number of rotatable bonds is 4. The smallest absolute Gasteiger partial charge is 0.256 e. The Morgan fingerprint density at radius 3 is 2.88 bits per heavy atom. The molecule has 0 aliphatic heterocycles.